The molecule has 4 nitrogen and oxygen atoms in total. The minimum absolute atomic E-state index is 0.0484. The van der Waals surface area contributed by atoms with Crippen LogP contribution in [0.3, 0.4) is 0 Å². The highest BCUT2D eigenvalue weighted by atomic mass is 16.5. The Labute approximate surface area is 116 Å². The van der Waals surface area contributed by atoms with Crippen molar-refractivity contribution in [2.45, 2.75) is 12.3 Å². The fraction of sp³-hybridized carbons (Fsp3) is 0.312. The number of ether oxygens (including phenoxy) is 1. The molecule has 1 aromatic carbocycles. The molecular weight excluding hydrogens is 254 g/mol. The Morgan fingerprint density at radius 1 is 1.20 bits per heavy atom. The molecule has 2 atom stereocenters. The van der Waals surface area contributed by atoms with Crippen LogP contribution < -0.4 is 9.64 Å². The average molecular weight is 269 g/mol. The monoisotopic (exact) mass is 269 g/mol. The topological polar surface area (TPSA) is 42.7 Å². The van der Waals surface area contributed by atoms with E-state index in [1.807, 2.05) is 41.3 Å². The molecule has 102 valence electrons. The molecule has 1 amide bonds. The van der Waals surface area contributed by atoms with Gasteiger partial charge in [-0.1, -0.05) is 12.1 Å². The summed E-state index contributed by atoms with van der Waals surface area (Å²) >= 11 is 0. The lowest BCUT2D eigenvalue weighted by atomic mass is 10.2. The number of furan rings is 1. The summed E-state index contributed by atoms with van der Waals surface area (Å²) in [7, 11) is 0. The average Bonchev–Trinajstić information content (AvgIpc) is 3.11. The molecule has 2 unspecified atom stereocenters. The maximum absolute atomic E-state index is 12.7. The third kappa shape index (κ3) is 1.80. The largest absolute Gasteiger partial charge is 0.490 e. The number of benzene rings is 1. The molecule has 2 aromatic rings. The van der Waals surface area contributed by atoms with Gasteiger partial charge in [-0.3, -0.25) is 4.79 Å². The summed E-state index contributed by atoms with van der Waals surface area (Å²) in [6, 6.07) is 11.5. The molecule has 0 radical (unpaired) electrons. The van der Waals surface area contributed by atoms with Gasteiger partial charge in [0.1, 0.15) is 18.1 Å². The van der Waals surface area contributed by atoms with Crippen molar-refractivity contribution in [3.05, 3.63) is 48.4 Å². The normalized spacial score (nSPS) is 23.9. The lowest BCUT2D eigenvalue weighted by Crippen LogP contribution is -2.39. The highest BCUT2D eigenvalue weighted by Gasteiger charge is 2.48. The summed E-state index contributed by atoms with van der Waals surface area (Å²) in [5, 5.41) is 0. The maximum atomic E-state index is 12.7. The summed E-state index contributed by atoms with van der Waals surface area (Å²) in [5.74, 6) is 2.19. The van der Waals surface area contributed by atoms with Gasteiger partial charge < -0.3 is 14.1 Å². The van der Waals surface area contributed by atoms with E-state index in [4.69, 9.17) is 9.15 Å². The van der Waals surface area contributed by atoms with Crippen LogP contribution in [0.4, 0.5) is 5.69 Å². The van der Waals surface area contributed by atoms with E-state index in [2.05, 4.69) is 0 Å². The van der Waals surface area contributed by atoms with Gasteiger partial charge in [0, 0.05) is 11.8 Å². The standard InChI is InChI=1S/C16H15NO3/c18-16(12-10-11(12)14-6-3-8-19-14)17-7-9-20-15-5-2-1-4-13(15)17/h1-6,8,11-12H,7,9-10H2. The minimum Gasteiger partial charge on any atom is -0.490 e. The zero-order valence-electron chi connectivity index (χ0n) is 11.0. The smallest absolute Gasteiger partial charge is 0.231 e. The molecule has 2 aliphatic rings. The Hall–Kier alpha value is -2.23. The van der Waals surface area contributed by atoms with Crippen molar-refractivity contribution in [3.8, 4) is 5.75 Å². The number of anilines is 1. The summed E-state index contributed by atoms with van der Waals surface area (Å²) < 4.78 is 11.0. The number of nitrogens with zero attached hydrogens (tertiary/aromatic N) is 1. The van der Waals surface area contributed by atoms with Crippen molar-refractivity contribution >= 4 is 11.6 Å². The van der Waals surface area contributed by atoms with Crippen molar-refractivity contribution in [1.29, 1.82) is 0 Å². The fourth-order valence-corrected chi connectivity index (χ4v) is 2.88. The Morgan fingerprint density at radius 2 is 2.10 bits per heavy atom. The first-order valence-electron chi connectivity index (χ1n) is 6.91. The van der Waals surface area contributed by atoms with E-state index in [9.17, 15) is 4.79 Å². The summed E-state index contributed by atoms with van der Waals surface area (Å²) in [4.78, 5) is 14.5. The van der Waals surface area contributed by atoms with Gasteiger partial charge in [-0.05, 0) is 30.7 Å². The van der Waals surface area contributed by atoms with Crippen LogP contribution >= 0.6 is 0 Å². The van der Waals surface area contributed by atoms with E-state index in [1.54, 1.807) is 6.26 Å². The van der Waals surface area contributed by atoms with Crippen LogP contribution in [-0.4, -0.2) is 19.1 Å². The highest BCUT2D eigenvalue weighted by molar-refractivity contribution is 5.99. The molecular formula is C16H15NO3. The molecule has 0 N–H and O–H groups in total. The lowest BCUT2D eigenvalue weighted by molar-refractivity contribution is -0.120. The SMILES string of the molecule is O=C(C1CC1c1ccco1)N1CCOc2ccccc21. The van der Waals surface area contributed by atoms with Crippen LogP contribution in [0, 0.1) is 5.92 Å². The second-order valence-corrected chi connectivity index (χ2v) is 5.27. The number of para-hydroxylation sites is 2. The molecule has 0 bridgehead atoms. The van der Waals surface area contributed by atoms with Gasteiger partial charge in [-0.2, -0.15) is 0 Å². The molecule has 0 saturated heterocycles. The third-order valence-electron chi connectivity index (χ3n) is 4.01. The van der Waals surface area contributed by atoms with Crippen LogP contribution in [0.15, 0.2) is 47.1 Å². The molecule has 1 aliphatic heterocycles. The Morgan fingerprint density at radius 3 is 2.95 bits per heavy atom. The zero-order chi connectivity index (χ0) is 13.5. The van der Waals surface area contributed by atoms with E-state index < -0.39 is 0 Å². The van der Waals surface area contributed by atoms with Crippen molar-refractivity contribution < 1.29 is 13.9 Å². The van der Waals surface area contributed by atoms with Crippen LogP contribution in [-0.2, 0) is 4.79 Å². The van der Waals surface area contributed by atoms with Crippen molar-refractivity contribution in [2.75, 3.05) is 18.1 Å². The van der Waals surface area contributed by atoms with Gasteiger partial charge in [-0.25, -0.2) is 0 Å². The summed E-state index contributed by atoms with van der Waals surface area (Å²) in [5.41, 5.74) is 0.883. The molecule has 1 aliphatic carbocycles. The van der Waals surface area contributed by atoms with Gasteiger partial charge in [0.2, 0.25) is 5.91 Å². The number of carbonyl (C=O) groups excluding carboxylic acids is 1. The Kier molecular flexibility index (Phi) is 2.55. The number of amides is 1. The summed E-state index contributed by atoms with van der Waals surface area (Å²) in [6.45, 7) is 1.18. The number of rotatable bonds is 2. The summed E-state index contributed by atoms with van der Waals surface area (Å²) in [6.07, 6.45) is 2.55. The molecule has 1 aromatic heterocycles. The molecule has 4 heteroatoms. The van der Waals surface area contributed by atoms with Gasteiger partial charge >= 0.3 is 0 Å². The van der Waals surface area contributed by atoms with Crippen LogP contribution in [0.5, 0.6) is 5.75 Å². The molecule has 0 spiro atoms. The molecule has 4 rings (SSSR count). The second-order valence-electron chi connectivity index (χ2n) is 5.27. The second kappa shape index (κ2) is 4.40. The van der Waals surface area contributed by atoms with E-state index in [1.165, 1.54) is 0 Å². The number of hydrogen-bond donors (Lipinski definition) is 0. The zero-order valence-corrected chi connectivity index (χ0v) is 11.0. The third-order valence-corrected chi connectivity index (χ3v) is 4.01. The van der Waals surface area contributed by atoms with Crippen molar-refractivity contribution in [2.24, 2.45) is 5.92 Å². The van der Waals surface area contributed by atoms with Gasteiger partial charge in [-0.15, -0.1) is 0 Å². The minimum atomic E-state index is 0.0484. The highest BCUT2D eigenvalue weighted by Crippen LogP contribution is 2.49. The van der Waals surface area contributed by atoms with Crippen molar-refractivity contribution in [3.63, 3.8) is 0 Å². The predicted molar refractivity (Wildman–Crippen MR) is 73.8 cm³/mol. The molecule has 1 fully saturated rings. The Bertz CT molecular complexity index is 635. The van der Waals surface area contributed by atoms with E-state index in [0.29, 0.717) is 13.2 Å². The molecule has 20 heavy (non-hydrogen) atoms. The van der Waals surface area contributed by atoms with Crippen molar-refractivity contribution in [1.82, 2.24) is 0 Å². The molecule has 2 heterocycles. The number of carbonyl (C=O) groups is 1. The van der Waals surface area contributed by atoms with Gasteiger partial charge in [0.15, 0.2) is 0 Å². The Balaban J connectivity index is 1.56. The number of fused-ring (bicyclic) bond motifs is 1. The van der Waals surface area contributed by atoms with Gasteiger partial charge in [0.05, 0.1) is 18.5 Å². The predicted octanol–water partition coefficient (Wildman–Crippen LogP) is 2.81. The quantitative estimate of drug-likeness (QED) is 0.842. The first-order chi connectivity index (χ1) is 9.84. The first kappa shape index (κ1) is 11.6. The van der Waals surface area contributed by atoms with E-state index in [0.717, 1.165) is 23.6 Å². The van der Waals surface area contributed by atoms with Crippen LogP contribution in [0.2, 0.25) is 0 Å². The van der Waals surface area contributed by atoms with Gasteiger partial charge in [0.25, 0.3) is 0 Å². The lowest BCUT2D eigenvalue weighted by Gasteiger charge is -2.29. The first-order valence-corrected chi connectivity index (χ1v) is 6.91. The fourth-order valence-electron chi connectivity index (χ4n) is 2.88. The number of hydrogen-bond acceptors (Lipinski definition) is 3. The molecule has 1 saturated carbocycles. The van der Waals surface area contributed by atoms with E-state index >= 15 is 0 Å². The van der Waals surface area contributed by atoms with E-state index in [-0.39, 0.29) is 17.7 Å². The maximum Gasteiger partial charge on any atom is 0.231 e. The van der Waals surface area contributed by atoms with Crippen LogP contribution in [0.1, 0.15) is 18.1 Å². The van der Waals surface area contributed by atoms with Crippen LogP contribution in [0.25, 0.3) is 0 Å².